The fourth-order valence-electron chi connectivity index (χ4n) is 6.25. The van der Waals surface area contributed by atoms with Gasteiger partial charge in [0.05, 0.1) is 37.1 Å². The van der Waals surface area contributed by atoms with Gasteiger partial charge in [0.1, 0.15) is 22.5 Å². The van der Waals surface area contributed by atoms with E-state index in [0.717, 1.165) is 96.9 Å². The highest BCUT2D eigenvalue weighted by molar-refractivity contribution is 7.00. The zero-order valence-electron chi connectivity index (χ0n) is 31.7. The molecular formula is C47H64N2O4S. The molecule has 1 aromatic heterocycles. The zero-order chi connectivity index (χ0) is 37.4. The molecule has 292 valence electrons. The zero-order valence-corrected chi connectivity index (χ0v) is 32.5. The molecule has 0 aliphatic heterocycles. The van der Waals surface area contributed by atoms with Crippen LogP contribution < -0.4 is 9.47 Å². The van der Waals surface area contributed by atoms with E-state index in [4.69, 9.17) is 27.7 Å². The summed E-state index contributed by atoms with van der Waals surface area (Å²) in [7, 11) is 0. The van der Waals surface area contributed by atoms with Crippen molar-refractivity contribution >= 4 is 22.8 Å². The van der Waals surface area contributed by atoms with Gasteiger partial charge in [-0.05, 0) is 61.1 Å². The van der Waals surface area contributed by atoms with E-state index in [-0.39, 0.29) is 19.6 Å². The van der Waals surface area contributed by atoms with Crippen molar-refractivity contribution in [2.45, 2.75) is 110 Å². The molecule has 0 N–H and O–H groups in total. The summed E-state index contributed by atoms with van der Waals surface area (Å²) < 4.78 is 32.9. The first-order valence-corrected chi connectivity index (χ1v) is 20.3. The van der Waals surface area contributed by atoms with Gasteiger partial charge in [-0.3, -0.25) is 0 Å². The van der Waals surface area contributed by atoms with Crippen molar-refractivity contribution in [2.75, 3.05) is 26.4 Å². The molecule has 0 saturated carbocycles. The summed E-state index contributed by atoms with van der Waals surface area (Å²) >= 11 is 1.26. The smallest absolute Gasteiger partial charge is 0.119 e. The maximum absolute atomic E-state index is 6.06. The molecule has 1 heterocycles. The maximum atomic E-state index is 6.06. The number of fused-ring (bicyclic) bond motifs is 1. The number of nitrogens with zero attached hydrogens (tertiary/aromatic N) is 2. The number of hydrogen-bond acceptors (Lipinski definition) is 7. The van der Waals surface area contributed by atoms with Crippen molar-refractivity contribution in [3.8, 4) is 33.8 Å². The van der Waals surface area contributed by atoms with Crippen molar-refractivity contribution in [1.29, 1.82) is 0 Å². The average molecular weight is 753 g/mol. The third kappa shape index (κ3) is 15.4. The largest absolute Gasteiger partial charge is 0.494 e. The molecule has 0 unspecified atom stereocenters. The first-order chi connectivity index (χ1) is 26.2. The molecule has 0 saturated heterocycles. The number of unbranched alkanes of at least 4 members (excludes halogenated alkanes) is 12. The highest BCUT2D eigenvalue weighted by Gasteiger charge is 2.14. The van der Waals surface area contributed by atoms with Crippen molar-refractivity contribution < 1.29 is 18.9 Å². The molecule has 0 bridgehead atoms. The Kier molecular flexibility index (Phi) is 21.9. The second-order valence-electron chi connectivity index (χ2n) is 13.4. The molecule has 4 rings (SSSR count). The fourth-order valence-corrected chi connectivity index (χ4v) is 6.83. The number of aromatic nitrogens is 2. The molecule has 0 atom stereocenters. The predicted molar refractivity (Wildman–Crippen MR) is 231 cm³/mol. The summed E-state index contributed by atoms with van der Waals surface area (Å²) in [5.74, 6) is 1.80. The number of ether oxygens (including phenoxy) is 4. The Morgan fingerprint density at radius 2 is 0.759 bits per heavy atom. The third-order valence-corrected chi connectivity index (χ3v) is 9.94. The van der Waals surface area contributed by atoms with Crippen LogP contribution in [0.15, 0.2) is 111 Å². The van der Waals surface area contributed by atoms with Gasteiger partial charge in [0, 0.05) is 24.3 Å². The molecule has 0 spiro atoms. The van der Waals surface area contributed by atoms with Crippen LogP contribution in [-0.4, -0.2) is 47.4 Å². The van der Waals surface area contributed by atoms with Crippen molar-refractivity contribution in [2.24, 2.45) is 0 Å². The van der Waals surface area contributed by atoms with Gasteiger partial charge >= 0.3 is 0 Å². The molecule has 6 nitrogen and oxygen atoms in total. The Balaban J connectivity index is 0.00000784. The molecule has 54 heavy (non-hydrogen) atoms. The van der Waals surface area contributed by atoms with Gasteiger partial charge in [-0.1, -0.05) is 132 Å². The number of benzene rings is 3. The monoisotopic (exact) mass is 752 g/mol. The fraction of sp³-hybridized carbons (Fsp3) is 0.447. The Hall–Kier alpha value is -4.04. The average Bonchev–Trinajstić information content (AvgIpc) is 3.70. The van der Waals surface area contributed by atoms with E-state index in [0.29, 0.717) is 0 Å². The predicted octanol–water partition coefficient (Wildman–Crippen LogP) is 13.4. The quantitative estimate of drug-likeness (QED) is 0.0390. The highest BCUT2D eigenvalue weighted by atomic mass is 32.1. The van der Waals surface area contributed by atoms with E-state index in [1.807, 2.05) is 0 Å². The Labute approximate surface area is 330 Å². The molecule has 0 fully saturated rings. The van der Waals surface area contributed by atoms with Gasteiger partial charge in [0.2, 0.25) is 0 Å². The van der Waals surface area contributed by atoms with Gasteiger partial charge in [0.15, 0.2) is 0 Å². The van der Waals surface area contributed by atoms with Gasteiger partial charge in [-0.25, -0.2) is 0 Å². The molecular weight excluding hydrogens is 689 g/mol. The number of rotatable bonds is 30. The van der Waals surface area contributed by atoms with E-state index in [1.165, 1.54) is 75.9 Å². The topological polar surface area (TPSA) is 62.7 Å². The van der Waals surface area contributed by atoms with Crippen LogP contribution in [0.2, 0.25) is 0 Å². The highest BCUT2D eigenvalue weighted by Crippen LogP contribution is 2.35. The molecule has 0 amide bonds. The molecule has 0 aliphatic carbocycles. The second-order valence-corrected chi connectivity index (χ2v) is 14.0. The minimum atomic E-state index is -0.0291. The van der Waals surface area contributed by atoms with Crippen LogP contribution in [0.5, 0.6) is 11.5 Å². The minimum Gasteiger partial charge on any atom is -0.494 e. The Bertz CT molecular complexity index is 1500. The lowest BCUT2D eigenvalue weighted by Gasteiger charge is -2.10. The van der Waals surface area contributed by atoms with E-state index in [1.54, 1.807) is 24.3 Å². The van der Waals surface area contributed by atoms with Crippen LogP contribution in [0, 0.1) is 0 Å². The van der Waals surface area contributed by atoms with Crippen LogP contribution in [0.4, 0.5) is 0 Å². The number of hydrogen-bond donors (Lipinski definition) is 0. The molecule has 0 aliphatic rings. The van der Waals surface area contributed by atoms with E-state index < -0.39 is 0 Å². The van der Waals surface area contributed by atoms with Crippen LogP contribution in [0.3, 0.4) is 0 Å². The standard InChI is InChI=1S/C46H60N2O4S.CH4/c1-5-39(6-2)49-33-19-15-11-9-13-17-21-35-51-41-27-23-37(24-28-41)43-31-32-44(46-45(43)47-53-48-46)38-25-29-42(30-26-38)52-36-22-18-14-10-12-16-20-34-50-40(7-3)8-4;/h5-8,23-32,39-40H,1-4,9-22,33-36H2;1H4. The Morgan fingerprint density at radius 1 is 0.444 bits per heavy atom. The molecule has 7 heteroatoms. The summed E-state index contributed by atoms with van der Waals surface area (Å²) in [5.41, 5.74) is 6.22. The van der Waals surface area contributed by atoms with Crippen molar-refractivity contribution in [3.63, 3.8) is 0 Å². The van der Waals surface area contributed by atoms with Crippen LogP contribution >= 0.6 is 11.7 Å². The summed E-state index contributed by atoms with van der Waals surface area (Å²) in [5, 5.41) is 0. The first kappa shape index (κ1) is 44.4. The second kappa shape index (κ2) is 26.7. The van der Waals surface area contributed by atoms with Crippen LogP contribution in [0.1, 0.15) is 97.3 Å². The van der Waals surface area contributed by atoms with Gasteiger partial charge in [0.25, 0.3) is 0 Å². The molecule has 0 radical (unpaired) electrons. The SMILES string of the molecule is C.C=CC(C=C)OCCCCCCCCCOc1ccc(-c2ccc(-c3ccc(OCCCCCCCCCOC(C=C)C=C)cc3)c3nsnc23)cc1. The van der Waals surface area contributed by atoms with Crippen LogP contribution in [0.25, 0.3) is 33.3 Å². The van der Waals surface area contributed by atoms with Gasteiger partial charge in [-0.2, -0.15) is 8.75 Å². The lowest BCUT2D eigenvalue weighted by atomic mass is 9.98. The first-order valence-electron chi connectivity index (χ1n) is 19.6. The van der Waals surface area contributed by atoms with Gasteiger partial charge in [-0.15, -0.1) is 26.3 Å². The van der Waals surface area contributed by atoms with E-state index >= 15 is 0 Å². The summed E-state index contributed by atoms with van der Waals surface area (Å²) in [6.07, 6.45) is 23.7. The lowest BCUT2D eigenvalue weighted by Crippen LogP contribution is -2.06. The van der Waals surface area contributed by atoms with Crippen molar-refractivity contribution in [3.05, 3.63) is 111 Å². The molecule has 3 aromatic carbocycles. The summed E-state index contributed by atoms with van der Waals surface area (Å²) in [6.45, 7) is 18.0. The lowest BCUT2D eigenvalue weighted by molar-refractivity contribution is 0.111. The minimum absolute atomic E-state index is 0. The van der Waals surface area contributed by atoms with Gasteiger partial charge < -0.3 is 18.9 Å². The summed E-state index contributed by atoms with van der Waals surface area (Å²) in [6, 6.07) is 21.0. The van der Waals surface area contributed by atoms with E-state index in [9.17, 15) is 0 Å². The third-order valence-electron chi connectivity index (χ3n) is 9.41. The van der Waals surface area contributed by atoms with Crippen molar-refractivity contribution in [1.82, 2.24) is 8.75 Å². The van der Waals surface area contributed by atoms with E-state index in [2.05, 4.69) is 87.0 Å². The summed E-state index contributed by atoms with van der Waals surface area (Å²) in [4.78, 5) is 0. The maximum Gasteiger partial charge on any atom is 0.119 e. The molecule has 4 aromatic rings. The van der Waals surface area contributed by atoms with Crippen LogP contribution in [-0.2, 0) is 9.47 Å². The Morgan fingerprint density at radius 3 is 1.09 bits per heavy atom. The normalized spacial score (nSPS) is 11.1.